The standard InChI is InChI=1S/C37H52N2O4S/c1-24(9-6-14-35(41)38-44(42,43)34-13-8-10-27-28(34)11-7-12-33(27)39(4)5)30-17-18-31-29-16-15-25-23-26(40)19-21-36(25,2)32(29)20-22-37(30,31)3/h7-8,10-13,15,24,26,29-32,40H,6,9,14,16-23H2,1-5H3,(H,38,41)/t24-,26+,29?,30-,31?,32?,36?,37-/m1/s1. The summed E-state index contributed by atoms with van der Waals surface area (Å²) < 4.78 is 29.0. The molecular formula is C37H52N2O4S. The zero-order chi connectivity index (χ0) is 31.4. The van der Waals surface area contributed by atoms with Crippen LogP contribution in [0.3, 0.4) is 0 Å². The Morgan fingerprint density at radius 1 is 1.02 bits per heavy atom. The van der Waals surface area contributed by atoms with E-state index >= 15 is 0 Å². The normalized spacial score (nSPS) is 34.0. The average Bonchev–Trinajstić information content (AvgIpc) is 3.33. The highest BCUT2D eigenvalue weighted by atomic mass is 32.2. The maximum absolute atomic E-state index is 13.3. The van der Waals surface area contributed by atoms with Gasteiger partial charge in [-0.15, -0.1) is 0 Å². The molecule has 3 saturated carbocycles. The van der Waals surface area contributed by atoms with Gasteiger partial charge in [-0.05, 0) is 117 Å². The second-order valence-corrected chi connectivity index (χ2v) is 17.0. The summed E-state index contributed by atoms with van der Waals surface area (Å²) in [6.45, 7) is 7.41. The number of allylic oxidation sites excluding steroid dienone is 1. The molecule has 1 amide bonds. The van der Waals surface area contributed by atoms with Crippen LogP contribution in [0.4, 0.5) is 5.69 Å². The predicted octanol–water partition coefficient (Wildman–Crippen LogP) is 7.46. The van der Waals surface area contributed by atoms with Crippen molar-refractivity contribution in [1.29, 1.82) is 0 Å². The number of aliphatic hydroxyl groups excluding tert-OH is 1. The Morgan fingerprint density at radius 2 is 1.77 bits per heavy atom. The maximum atomic E-state index is 13.3. The van der Waals surface area contributed by atoms with Crippen molar-refractivity contribution in [2.75, 3.05) is 19.0 Å². The predicted molar refractivity (Wildman–Crippen MR) is 178 cm³/mol. The molecule has 8 atom stereocenters. The van der Waals surface area contributed by atoms with Crippen molar-refractivity contribution in [2.45, 2.75) is 102 Å². The fourth-order valence-corrected chi connectivity index (χ4v) is 11.8. The van der Waals surface area contributed by atoms with Gasteiger partial charge in [0, 0.05) is 37.0 Å². The summed E-state index contributed by atoms with van der Waals surface area (Å²) in [5.74, 6) is 2.96. The highest BCUT2D eigenvalue weighted by Crippen LogP contribution is 2.67. The van der Waals surface area contributed by atoms with Gasteiger partial charge in [-0.2, -0.15) is 0 Å². The molecule has 0 saturated heterocycles. The van der Waals surface area contributed by atoms with E-state index in [0.717, 1.165) is 54.5 Å². The van der Waals surface area contributed by atoms with E-state index in [1.807, 2.05) is 37.2 Å². The molecule has 0 aromatic heterocycles. The number of carbonyl (C=O) groups is 1. The summed E-state index contributed by atoms with van der Waals surface area (Å²) in [6.07, 6.45) is 13.4. The molecule has 4 unspecified atom stereocenters. The average molecular weight is 621 g/mol. The molecule has 2 aromatic rings. The number of hydrogen-bond donors (Lipinski definition) is 2. The third-order valence-electron chi connectivity index (χ3n) is 12.8. The van der Waals surface area contributed by atoms with Gasteiger partial charge in [-0.25, -0.2) is 13.1 Å². The molecule has 2 N–H and O–H groups in total. The van der Waals surface area contributed by atoms with E-state index in [0.29, 0.717) is 29.1 Å². The van der Waals surface area contributed by atoms with Gasteiger partial charge in [-0.1, -0.05) is 56.7 Å². The van der Waals surface area contributed by atoms with Crippen LogP contribution in [0.25, 0.3) is 10.8 Å². The van der Waals surface area contributed by atoms with Gasteiger partial charge in [0.15, 0.2) is 0 Å². The molecule has 44 heavy (non-hydrogen) atoms. The topological polar surface area (TPSA) is 86.7 Å². The molecule has 7 heteroatoms. The number of rotatable bonds is 8. The number of nitrogens with zero attached hydrogens (tertiary/aromatic N) is 1. The first kappa shape index (κ1) is 31.6. The van der Waals surface area contributed by atoms with Crippen molar-refractivity contribution < 1.29 is 18.3 Å². The third kappa shape index (κ3) is 5.40. The van der Waals surface area contributed by atoms with Gasteiger partial charge in [0.25, 0.3) is 10.0 Å². The summed E-state index contributed by atoms with van der Waals surface area (Å²) in [5, 5.41) is 11.8. The van der Waals surface area contributed by atoms with E-state index < -0.39 is 15.9 Å². The zero-order valence-electron chi connectivity index (χ0n) is 27.3. The Labute approximate surface area is 264 Å². The lowest BCUT2D eigenvalue weighted by atomic mass is 9.47. The van der Waals surface area contributed by atoms with Crippen molar-refractivity contribution >= 4 is 32.4 Å². The number of hydrogen-bond acceptors (Lipinski definition) is 5. The van der Waals surface area contributed by atoms with Gasteiger partial charge in [0.2, 0.25) is 5.91 Å². The van der Waals surface area contributed by atoms with Gasteiger partial charge >= 0.3 is 0 Å². The molecule has 0 spiro atoms. The van der Waals surface area contributed by atoms with Gasteiger partial charge in [0.1, 0.15) is 0 Å². The van der Waals surface area contributed by atoms with E-state index in [2.05, 4.69) is 31.6 Å². The molecule has 4 aliphatic rings. The summed E-state index contributed by atoms with van der Waals surface area (Å²) in [6, 6.07) is 10.8. The van der Waals surface area contributed by atoms with E-state index in [-0.39, 0.29) is 22.8 Å². The number of benzene rings is 2. The third-order valence-corrected chi connectivity index (χ3v) is 14.2. The Kier molecular flexibility index (Phi) is 8.45. The van der Waals surface area contributed by atoms with Crippen LogP contribution in [0.5, 0.6) is 0 Å². The molecule has 0 radical (unpaired) electrons. The number of aliphatic hydroxyl groups is 1. The smallest absolute Gasteiger partial charge is 0.264 e. The summed E-state index contributed by atoms with van der Waals surface area (Å²) >= 11 is 0. The lowest BCUT2D eigenvalue weighted by Gasteiger charge is -2.58. The lowest BCUT2D eigenvalue weighted by molar-refractivity contribution is -0.119. The van der Waals surface area contributed by atoms with Crippen LogP contribution in [0.15, 0.2) is 52.9 Å². The largest absolute Gasteiger partial charge is 0.393 e. The zero-order valence-corrected chi connectivity index (χ0v) is 28.1. The fourth-order valence-electron chi connectivity index (χ4n) is 10.5. The first-order chi connectivity index (χ1) is 20.8. The van der Waals surface area contributed by atoms with Crippen LogP contribution in [-0.2, 0) is 14.8 Å². The first-order valence-corrected chi connectivity index (χ1v) is 18.5. The van der Waals surface area contributed by atoms with Crippen molar-refractivity contribution in [3.63, 3.8) is 0 Å². The molecule has 0 bridgehead atoms. The van der Waals surface area contributed by atoms with E-state index in [9.17, 15) is 18.3 Å². The molecule has 2 aromatic carbocycles. The van der Waals surface area contributed by atoms with Crippen LogP contribution in [0.1, 0.15) is 91.4 Å². The Morgan fingerprint density at radius 3 is 2.55 bits per heavy atom. The van der Waals surface area contributed by atoms with Gasteiger partial charge in [0.05, 0.1) is 11.0 Å². The number of carbonyl (C=O) groups excluding carboxylic acids is 1. The van der Waals surface area contributed by atoms with Gasteiger partial charge < -0.3 is 10.0 Å². The molecule has 6 nitrogen and oxygen atoms in total. The highest BCUT2D eigenvalue weighted by Gasteiger charge is 2.59. The second kappa shape index (κ2) is 11.8. The number of sulfonamides is 1. The number of amides is 1. The first-order valence-electron chi connectivity index (χ1n) is 17.0. The monoisotopic (exact) mass is 620 g/mol. The number of fused-ring (bicyclic) bond motifs is 6. The molecular weight excluding hydrogens is 568 g/mol. The van der Waals surface area contributed by atoms with Crippen molar-refractivity contribution in [2.24, 2.45) is 40.4 Å². The Hall–Kier alpha value is -2.38. The second-order valence-electron chi connectivity index (χ2n) is 15.3. The van der Waals surface area contributed by atoms with Crippen LogP contribution in [0, 0.1) is 40.4 Å². The van der Waals surface area contributed by atoms with Gasteiger partial charge in [-0.3, -0.25) is 4.79 Å². The molecule has 4 aliphatic carbocycles. The van der Waals surface area contributed by atoms with E-state index in [1.165, 1.54) is 37.7 Å². The molecule has 6 rings (SSSR count). The minimum Gasteiger partial charge on any atom is -0.393 e. The van der Waals surface area contributed by atoms with Crippen molar-refractivity contribution in [3.05, 3.63) is 48.0 Å². The number of anilines is 1. The van der Waals surface area contributed by atoms with Crippen molar-refractivity contribution in [1.82, 2.24) is 4.72 Å². The Bertz CT molecular complexity index is 1550. The lowest BCUT2D eigenvalue weighted by Crippen LogP contribution is -2.50. The number of nitrogens with one attached hydrogen (secondary N) is 1. The molecule has 0 heterocycles. The van der Waals surface area contributed by atoms with Crippen LogP contribution < -0.4 is 9.62 Å². The summed E-state index contributed by atoms with van der Waals surface area (Å²) in [7, 11) is -0.120. The maximum Gasteiger partial charge on any atom is 0.264 e. The van der Waals surface area contributed by atoms with Crippen LogP contribution in [0.2, 0.25) is 0 Å². The van der Waals surface area contributed by atoms with Crippen LogP contribution in [-0.4, -0.2) is 39.6 Å². The quantitative estimate of drug-likeness (QED) is 0.299. The van der Waals surface area contributed by atoms with E-state index in [1.54, 1.807) is 18.2 Å². The summed E-state index contributed by atoms with van der Waals surface area (Å²) in [5.41, 5.74) is 3.07. The fraction of sp³-hybridized carbons (Fsp3) is 0.649. The van der Waals surface area contributed by atoms with Crippen LogP contribution >= 0.6 is 0 Å². The minimum atomic E-state index is -3.99. The molecule has 0 aliphatic heterocycles. The minimum absolute atomic E-state index is 0.142. The Balaban J connectivity index is 1.07. The van der Waals surface area contributed by atoms with E-state index in [4.69, 9.17) is 0 Å². The highest BCUT2D eigenvalue weighted by molar-refractivity contribution is 7.90. The SMILES string of the molecule is C[C@H](CCCC(=O)NS(=O)(=O)c1cccc2c(N(C)C)cccc12)[C@H]1CCC2C3CC=C4C[C@@H](O)CCC4(C)C3CC[C@@]21C. The van der Waals surface area contributed by atoms with Crippen molar-refractivity contribution in [3.8, 4) is 0 Å². The summed E-state index contributed by atoms with van der Waals surface area (Å²) in [4.78, 5) is 15.0. The molecule has 3 fully saturated rings. The molecule has 240 valence electrons.